The number of hydrogen-bond acceptors (Lipinski definition) is 3. The summed E-state index contributed by atoms with van der Waals surface area (Å²) in [6.45, 7) is 2.74. The van der Waals surface area contributed by atoms with Crippen LogP contribution in [0.25, 0.3) is 0 Å². The highest BCUT2D eigenvalue weighted by Crippen LogP contribution is 2.01. The Kier molecular flexibility index (Phi) is 3.88. The smallest absolute Gasteiger partial charge is 0.241 e. The summed E-state index contributed by atoms with van der Waals surface area (Å²) in [5.41, 5.74) is 0. The predicted octanol–water partition coefficient (Wildman–Crippen LogP) is -0.894. The average Bonchev–Trinajstić information content (AvgIpc) is 2.27. The number of carbonyl (C=O) groups excluding carboxylic acids is 2. The molecule has 0 aromatic carbocycles. The fraction of sp³-hybridized carbons (Fsp3) is 0.778. The summed E-state index contributed by atoms with van der Waals surface area (Å²) in [5.74, 6) is -0.158. The normalized spacial score (nSPS) is 20.3. The Balaban J connectivity index is 2.42. The van der Waals surface area contributed by atoms with Gasteiger partial charge in [0.15, 0.2) is 0 Å². The molecule has 2 N–H and O–H groups in total. The third-order valence-electron chi connectivity index (χ3n) is 2.22. The van der Waals surface area contributed by atoms with Crippen molar-refractivity contribution < 1.29 is 14.7 Å². The minimum absolute atomic E-state index is 0.0727. The van der Waals surface area contributed by atoms with Crippen LogP contribution in [0.5, 0.6) is 0 Å². The molecule has 80 valence electrons. The maximum Gasteiger partial charge on any atom is 0.241 e. The van der Waals surface area contributed by atoms with E-state index in [1.807, 2.05) is 0 Å². The molecule has 0 aliphatic carbocycles. The highest BCUT2D eigenvalue weighted by atomic mass is 16.3. The third kappa shape index (κ3) is 3.33. The Bertz CT molecular complexity index is 228. The van der Waals surface area contributed by atoms with Gasteiger partial charge in [0.1, 0.15) is 0 Å². The Morgan fingerprint density at radius 2 is 2.29 bits per heavy atom. The Labute approximate surface area is 83.1 Å². The van der Waals surface area contributed by atoms with Crippen LogP contribution in [0.1, 0.15) is 19.8 Å². The number of rotatable bonds is 3. The minimum atomic E-state index is -0.408. The molecule has 0 bridgehead atoms. The number of carbonyl (C=O) groups is 2. The van der Waals surface area contributed by atoms with E-state index in [0.29, 0.717) is 25.9 Å². The predicted molar refractivity (Wildman–Crippen MR) is 50.5 cm³/mol. The molecule has 1 aliphatic heterocycles. The zero-order valence-electron chi connectivity index (χ0n) is 8.32. The number of aliphatic hydroxyl groups excluding tert-OH is 1. The molecule has 1 rings (SSSR count). The van der Waals surface area contributed by atoms with E-state index in [-0.39, 0.29) is 18.4 Å². The maximum absolute atomic E-state index is 11.4. The van der Waals surface area contributed by atoms with Gasteiger partial charge in [-0.1, -0.05) is 0 Å². The van der Waals surface area contributed by atoms with Gasteiger partial charge in [-0.2, -0.15) is 0 Å². The summed E-state index contributed by atoms with van der Waals surface area (Å²) in [7, 11) is 0. The minimum Gasteiger partial charge on any atom is -0.393 e. The summed E-state index contributed by atoms with van der Waals surface area (Å²) in [4.78, 5) is 24.0. The molecule has 14 heavy (non-hydrogen) atoms. The van der Waals surface area contributed by atoms with Gasteiger partial charge in [0.05, 0.1) is 12.6 Å². The molecule has 5 nitrogen and oxygen atoms in total. The van der Waals surface area contributed by atoms with E-state index in [2.05, 4.69) is 5.32 Å². The molecule has 1 atom stereocenters. The van der Waals surface area contributed by atoms with Crippen LogP contribution < -0.4 is 5.32 Å². The largest absolute Gasteiger partial charge is 0.393 e. The lowest BCUT2D eigenvalue weighted by molar-refractivity contribution is -0.130. The Morgan fingerprint density at radius 3 is 2.93 bits per heavy atom. The summed E-state index contributed by atoms with van der Waals surface area (Å²) in [5, 5.41) is 11.6. The van der Waals surface area contributed by atoms with Crippen LogP contribution >= 0.6 is 0 Å². The van der Waals surface area contributed by atoms with Gasteiger partial charge in [-0.15, -0.1) is 0 Å². The van der Waals surface area contributed by atoms with Crippen molar-refractivity contribution in [2.45, 2.75) is 25.9 Å². The molecule has 0 spiro atoms. The number of amides is 2. The zero-order valence-corrected chi connectivity index (χ0v) is 8.32. The van der Waals surface area contributed by atoms with Gasteiger partial charge in [-0.25, -0.2) is 0 Å². The van der Waals surface area contributed by atoms with Crippen LogP contribution in [0.15, 0.2) is 0 Å². The quantitative estimate of drug-likeness (QED) is 0.620. The van der Waals surface area contributed by atoms with Gasteiger partial charge < -0.3 is 15.3 Å². The van der Waals surface area contributed by atoms with Gasteiger partial charge in [0, 0.05) is 19.5 Å². The second kappa shape index (κ2) is 4.95. The zero-order chi connectivity index (χ0) is 10.6. The maximum atomic E-state index is 11.4. The molecule has 0 aromatic rings. The van der Waals surface area contributed by atoms with Crippen molar-refractivity contribution in [1.29, 1.82) is 0 Å². The molecule has 0 aromatic heterocycles. The van der Waals surface area contributed by atoms with Crippen molar-refractivity contribution >= 4 is 11.8 Å². The van der Waals surface area contributed by atoms with Crippen molar-refractivity contribution in [1.82, 2.24) is 10.2 Å². The molecule has 0 saturated carbocycles. The SMILES string of the molecule is CC(O)CCN1CCC(=O)NCC1=O. The van der Waals surface area contributed by atoms with Crippen molar-refractivity contribution in [2.24, 2.45) is 0 Å². The molecular formula is C9H16N2O3. The number of hydrogen-bond donors (Lipinski definition) is 2. The average molecular weight is 200 g/mol. The molecule has 1 unspecified atom stereocenters. The first-order valence-electron chi connectivity index (χ1n) is 4.82. The highest BCUT2D eigenvalue weighted by Gasteiger charge is 2.19. The van der Waals surface area contributed by atoms with Gasteiger partial charge >= 0.3 is 0 Å². The number of aliphatic hydroxyl groups is 1. The van der Waals surface area contributed by atoms with Crippen molar-refractivity contribution in [3.63, 3.8) is 0 Å². The van der Waals surface area contributed by atoms with E-state index in [0.717, 1.165) is 0 Å². The third-order valence-corrected chi connectivity index (χ3v) is 2.22. The first kappa shape index (κ1) is 11.0. The van der Waals surface area contributed by atoms with E-state index in [4.69, 9.17) is 5.11 Å². The second-order valence-electron chi connectivity index (χ2n) is 3.55. The molecule has 5 heteroatoms. The van der Waals surface area contributed by atoms with E-state index in [1.165, 1.54) is 0 Å². The van der Waals surface area contributed by atoms with Gasteiger partial charge in [-0.3, -0.25) is 9.59 Å². The van der Waals surface area contributed by atoms with Crippen molar-refractivity contribution in [2.75, 3.05) is 19.6 Å². The van der Waals surface area contributed by atoms with E-state index in [1.54, 1.807) is 11.8 Å². The molecular weight excluding hydrogens is 184 g/mol. The van der Waals surface area contributed by atoms with Crippen LogP contribution in [-0.2, 0) is 9.59 Å². The molecule has 0 radical (unpaired) electrons. The van der Waals surface area contributed by atoms with Crippen LogP contribution in [0.3, 0.4) is 0 Å². The number of nitrogens with one attached hydrogen (secondary N) is 1. The summed E-state index contributed by atoms with van der Waals surface area (Å²) < 4.78 is 0. The van der Waals surface area contributed by atoms with E-state index >= 15 is 0 Å². The standard InChI is InChI=1S/C9H16N2O3/c1-7(12)2-4-11-5-3-8(13)10-6-9(11)14/h7,12H,2-6H2,1H3,(H,10,13). The fourth-order valence-corrected chi connectivity index (χ4v) is 1.31. The first-order valence-corrected chi connectivity index (χ1v) is 4.82. The lowest BCUT2D eigenvalue weighted by Crippen LogP contribution is -2.36. The van der Waals surface area contributed by atoms with Crippen LogP contribution in [0.2, 0.25) is 0 Å². The summed E-state index contributed by atoms with van der Waals surface area (Å²) in [6, 6.07) is 0. The summed E-state index contributed by atoms with van der Waals surface area (Å²) >= 11 is 0. The molecule has 1 heterocycles. The van der Waals surface area contributed by atoms with E-state index < -0.39 is 6.10 Å². The molecule has 2 amide bonds. The van der Waals surface area contributed by atoms with Crippen LogP contribution in [-0.4, -0.2) is 47.6 Å². The van der Waals surface area contributed by atoms with E-state index in [9.17, 15) is 9.59 Å². The Morgan fingerprint density at radius 1 is 1.57 bits per heavy atom. The van der Waals surface area contributed by atoms with Crippen LogP contribution in [0, 0.1) is 0 Å². The highest BCUT2D eigenvalue weighted by molar-refractivity contribution is 5.87. The van der Waals surface area contributed by atoms with Crippen molar-refractivity contribution in [3.05, 3.63) is 0 Å². The monoisotopic (exact) mass is 200 g/mol. The summed E-state index contributed by atoms with van der Waals surface area (Å²) in [6.07, 6.45) is 0.501. The lowest BCUT2D eigenvalue weighted by atomic mass is 10.2. The van der Waals surface area contributed by atoms with Gasteiger partial charge in [0.25, 0.3) is 0 Å². The fourth-order valence-electron chi connectivity index (χ4n) is 1.31. The lowest BCUT2D eigenvalue weighted by Gasteiger charge is -2.20. The topological polar surface area (TPSA) is 69.6 Å². The van der Waals surface area contributed by atoms with Crippen molar-refractivity contribution in [3.8, 4) is 0 Å². The van der Waals surface area contributed by atoms with Crippen LogP contribution in [0.4, 0.5) is 0 Å². The Hall–Kier alpha value is -1.10. The second-order valence-corrected chi connectivity index (χ2v) is 3.55. The molecule has 1 saturated heterocycles. The first-order chi connectivity index (χ1) is 6.59. The number of nitrogens with zero attached hydrogens (tertiary/aromatic N) is 1. The molecule has 1 aliphatic rings. The van der Waals surface area contributed by atoms with Gasteiger partial charge in [-0.05, 0) is 13.3 Å². The van der Waals surface area contributed by atoms with Gasteiger partial charge in [0.2, 0.25) is 11.8 Å². The molecule has 1 fully saturated rings.